The molecule has 0 saturated heterocycles. The zero-order valence-electron chi connectivity index (χ0n) is 10.0. The van der Waals surface area contributed by atoms with Crippen molar-refractivity contribution < 1.29 is 9.32 Å². The number of aromatic nitrogens is 1. The highest BCUT2D eigenvalue weighted by atomic mass is 32.1. The lowest BCUT2D eigenvalue weighted by molar-refractivity contribution is -0.120. The topological polar surface area (TPSA) is 55.1 Å². The van der Waals surface area contributed by atoms with Gasteiger partial charge in [0.2, 0.25) is 5.91 Å². The summed E-state index contributed by atoms with van der Waals surface area (Å²) in [6.45, 7) is 2.21. The molecule has 0 aliphatic carbocycles. The Morgan fingerprint density at radius 2 is 2.11 bits per heavy atom. The number of nitrogens with one attached hydrogen (secondary N) is 1. The standard InChI is InChI=1S/C13H14N2O2S/c1-9-6-11(17-15-9)8-14-13(16)7-10-2-4-12(18)5-3-10/h2-6,18H,7-8H2,1H3,(H,14,16). The minimum atomic E-state index is -0.0454. The van der Waals surface area contributed by atoms with Gasteiger partial charge in [-0.1, -0.05) is 17.3 Å². The summed E-state index contributed by atoms with van der Waals surface area (Å²) in [4.78, 5) is 12.6. The van der Waals surface area contributed by atoms with Gasteiger partial charge >= 0.3 is 0 Å². The van der Waals surface area contributed by atoms with Crippen molar-refractivity contribution in [3.63, 3.8) is 0 Å². The Hall–Kier alpha value is -1.75. The molecular weight excluding hydrogens is 248 g/mol. The van der Waals surface area contributed by atoms with E-state index in [0.29, 0.717) is 18.7 Å². The van der Waals surface area contributed by atoms with Crippen molar-refractivity contribution in [1.29, 1.82) is 0 Å². The lowest BCUT2D eigenvalue weighted by Crippen LogP contribution is -2.24. The Morgan fingerprint density at radius 1 is 1.39 bits per heavy atom. The Bertz CT molecular complexity index is 534. The van der Waals surface area contributed by atoms with Gasteiger partial charge in [0.1, 0.15) is 0 Å². The van der Waals surface area contributed by atoms with Crippen LogP contribution in [0.5, 0.6) is 0 Å². The molecule has 0 aliphatic heterocycles. The van der Waals surface area contributed by atoms with Crippen LogP contribution in [0.2, 0.25) is 0 Å². The van der Waals surface area contributed by atoms with E-state index in [1.807, 2.05) is 31.2 Å². The minimum Gasteiger partial charge on any atom is -0.359 e. The first-order chi connectivity index (χ1) is 8.63. The first kappa shape index (κ1) is 12.7. The summed E-state index contributed by atoms with van der Waals surface area (Å²) in [5, 5.41) is 6.54. The van der Waals surface area contributed by atoms with Crippen LogP contribution in [0.4, 0.5) is 0 Å². The molecule has 1 N–H and O–H groups in total. The zero-order valence-corrected chi connectivity index (χ0v) is 10.9. The van der Waals surface area contributed by atoms with Crippen LogP contribution in [0, 0.1) is 6.92 Å². The third-order valence-corrected chi connectivity index (χ3v) is 2.74. The maximum atomic E-state index is 11.7. The molecule has 18 heavy (non-hydrogen) atoms. The molecule has 4 nitrogen and oxygen atoms in total. The van der Waals surface area contributed by atoms with Crippen molar-refractivity contribution in [2.45, 2.75) is 24.8 Å². The van der Waals surface area contributed by atoms with E-state index < -0.39 is 0 Å². The molecule has 1 aromatic carbocycles. The van der Waals surface area contributed by atoms with Gasteiger partial charge in [-0.15, -0.1) is 12.6 Å². The third-order valence-electron chi connectivity index (χ3n) is 2.44. The zero-order chi connectivity index (χ0) is 13.0. The van der Waals surface area contributed by atoms with E-state index in [4.69, 9.17) is 4.52 Å². The lowest BCUT2D eigenvalue weighted by atomic mass is 10.1. The quantitative estimate of drug-likeness (QED) is 0.830. The fourth-order valence-electron chi connectivity index (χ4n) is 1.55. The number of hydrogen-bond acceptors (Lipinski definition) is 4. The first-order valence-corrected chi connectivity index (χ1v) is 6.05. The molecular formula is C13H14N2O2S. The van der Waals surface area contributed by atoms with Crippen molar-refractivity contribution >= 4 is 18.5 Å². The second-order valence-corrected chi connectivity index (χ2v) is 4.57. The predicted molar refractivity (Wildman–Crippen MR) is 70.5 cm³/mol. The van der Waals surface area contributed by atoms with Crippen LogP contribution in [0.1, 0.15) is 17.0 Å². The number of rotatable bonds is 4. The molecule has 0 atom stereocenters. The molecule has 1 aromatic heterocycles. The van der Waals surface area contributed by atoms with Crippen LogP contribution in [-0.4, -0.2) is 11.1 Å². The Morgan fingerprint density at radius 3 is 2.72 bits per heavy atom. The van der Waals surface area contributed by atoms with Gasteiger partial charge in [0.25, 0.3) is 0 Å². The molecule has 0 unspecified atom stereocenters. The monoisotopic (exact) mass is 262 g/mol. The van der Waals surface area contributed by atoms with Crippen molar-refractivity contribution in [1.82, 2.24) is 10.5 Å². The minimum absolute atomic E-state index is 0.0454. The number of hydrogen-bond donors (Lipinski definition) is 2. The second kappa shape index (κ2) is 5.73. The summed E-state index contributed by atoms with van der Waals surface area (Å²) in [6.07, 6.45) is 0.348. The van der Waals surface area contributed by atoms with Crippen LogP contribution >= 0.6 is 12.6 Å². The number of benzene rings is 1. The third kappa shape index (κ3) is 3.63. The summed E-state index contributed by atoms with van der Waals surface area (Å²) >= 11 is 4.19. The number of carbonyl (C=O) groups is 1. The van der Waals surface area contributed by atoms with Gasteiger partial charge in [-0.25, -0.2) is 0 Å². The number of amides is 1. The summed E-state index contributed by atoms with van der Waals surface area (Å²) in [5.41, 5.74) is 1.77. The molecule has 0 radical (unpaired) electrons. The van der Waals surface area contributed by atoms with Gasteiger partial charge in [-0.2, -0.15) is 0 Å². The molecule has 0 saturated carbocycles. The highest BCUT2D eigenvalue weighted by Crippen LogP contribution is 2.08. The normalized spacial score (nSPS) is 10.3. The van der Waals surface area contributed by atoms with Crippen LogP contribution in [0.25, 0.3) is 0 Å². The SMILES string of the molecule is Cc1cc(CNC(=O)Cc2ccc(S)cc2)on1. The van der Waals surface area contributed by atoms with E-state index in [1.54, 1.807) is 6.07 Å². The predicted octanol–water partition coefficient (Wildman–Crippen LogP) is 2.13. The van der Waals surface area contributed by atoms with Crippen LogP contribution in [-0.2, 0) is 17.8 Å². The molecule has 5 heteroatoms. The molecule has 1 heterocycles. The van der Waals surface area contributed by atoms with E-state index in [9.17, 15) is 4.79 Å². The van der Waals surface area contributed by atoms with Gasteiger partial charge < -0.3 is 9.84 Å². The molecule has 0 aliphatic rings. The molecule has 94 valence electrons. The molecule has 0 fully saturated rings. The summed E-state index contributed by atoms with van der Waals surface area (Å²) in [7, 11) is 0. The van der Waals surface area contributed by atoms with Crippen molar-refractivity contribution in [2.75, 3.05) is 0 Å². The molecule has 1 amide bonds. The number of carbonyl (C=O) groups excluding carboxylic acids is 1. The van der Waals surface area contributed by atoms with E-state index in [0.717, 1.165) is 16.2 Å². The van der Waals surface area contributed by atoms with Crippen LogP contribution in [0.15, 0.2) is 39.8 Å². The maximum Gasteiger partial charge on any atom is 0.224 e. The van der Waals surface area contributed by atoms with Gasteiger partial charge in [0, 0.05) is 11.0 Å². The van der Waals surface area contributed by atoms with E-state index >= 15 is 0 Å². The second-order valence-electron chi connectivity index (χ2n) is 4.05. The van der Waals surface area contributed by atoms with Crippen molar-refractivity contribution in [2.24, 2.45) is 0 Å². The van der Waals surface area contributed by atoms with E-state index in [1.165, 1.54) is 0 Å². The summed E-state index contributed by atoms with van der Waals surface area (Å²) < 4.78 is 5.01. The van der Waals surface area contributed by atoms with Gasteiger partial charge in [0.15, 0.2) is 5.76 Å². The number of aryl methyl sites for hydroxylation is 1. The van der Waals surface area contributed by atoms with E-state index in [2.05, 4.69) is 23.1 Å². The average Bonchev–Trinajstić information content (AvgIpc) is 2.76. The molecule has 0 bridgehead atoms. The lowest BCUT2D eigenvalue weighted by Gasteiger charge is -2.03. The van der Waals surface area contributed by atoms with Gasteiger partial charge in [-0.3, -0.25) is 4.79 Å². The first-order valence-electron chi connectivity index (χ1n) is 5.60. The molecule has 2 rings (SSSR count). The number of thiol groups is 1. The van der Waals surface area contributed by atoms with Crippen molar-refractivity contribution in [3.8, 4) is 0 Å². The largest absolute Gasteiger partial charge is 0.359 e. The fraction of sp³-hybridized carbons (Fsp3) is 0.231. The van der Waals surface area contributed by atoms with Crippen LogP contribution < -0.4 is 5.32 Å². The van der Waals surface area contributed by atoms with Gasteiger partial charge in [0.05, 0.1) is 18.7 Å². The smallest absolute Gasteiger partial charge is 0.224 e. The maximum absolute atomic E-state index is 11.7. The Labute approximate surface area is 111 Å². The van der Waals surface area contributed by atoms with Crippen LogP contribution in [0.3, 0.4) is 0 Å². The Kier molecular flexibility index (Phi) is 4.04. The number of nitrogens with zero attached hydrogens (tertiary/aromatic N) is 1. The average molecular weight is 262 g/mol. The molecule has 2 aromatic rings. The molecule has 0 spiro atoms. The van der Waals surface area contributed by atoms with E-state index in [-0.39, 0.29) is 5.91 Å². The highest BCUT2D eigenvalue weighted by molar-refractivity contribution is 7.80. The Balaban J connectivity index is 1.83. The van der Waals surface area contributed by atoms with Crippen molar-refractivity contribution in [3.05, 3.63) is 47.3 Å². The highest BCUT2D eigenvalue weighted by Gasteiger charge is 2.05. The summed E-state index contributed by atoms with van der Waals surface area (Å²) in [5.74, 6) is 0.613. The summed E-state index contributed by atoms with van der Waals surface area (Å²) in [6, 6.07) is 9.31. The fourth-order valence-corrected chi connectivity index (χ4v) is 1.70. The van der Waals surface area contributed by atoms with Gasteiger partial charge in [-0.05, 0) is 24.6 Å².